The number of hydrogen-bond donors (Lipinski definition) is 0. The van der Waals surface area contributed by atoms with E-state index >= 15 is 0 Å². The maximum absolute atomic E-state index is 12.7. The fraction of sp³-hybridized carbons (Fsp3) is 0.143. The number of aryl methyl sites for hydroxylation is 1. The summed E-state index contributed by atoms with van der Waals surface area (Å²) in [5.74, 6) is -0.381. The van der Waals surface area contributed by atoms with E-state index in [9.17, 15) is 4.39 Å². The number of rotatable bonds is 0. The lowest BCUT2D eigenvalue weighted by Crippen LogP contribution is -1.80. The molecule has 0 aliphatic heterocycles. The summed E-state index contributed by atoms with van der Waals surface area (Å²) in [6, 6.07) is 3.17. The molecule has 0 bridgehead atoms. The first-order chi connectivity index (χ1) is 4.61. The Balaban J connectivity index is 3.31. The molecular weight excluding hydrogens is 218 g/mol. The SMILES string of the molecule is Cc1cc(F)c(Cl)c(Br)c1. The first-order valence-electron chi connectivity index (χ1n) is 2.72. The highest BCUT2D eigenvalue weighted by Gasteiger charge is 2.03. The van der Waals surface area contributed by atoms with Crippen molar-refractivity contribution in [2.24, 2.45) is 0 Å². The van der Waals surface area contributed by atoms with Crippen molar-refractivity contribution in [1.29, 1.82) is 0 Å². The highest BCUT2D eigenvalue weighted by molar-refractivity contribution is 9.10. The van der Waals surface area contributed by atoms with Gasteiger partial charge in [-0.25, -0.2) is 4.39 Å². The zero-order valence-electron chi connectivity index (χ0n) is 5.29. The minimum atomic E-state index is -0.381. The Morgan fingerprint density at radius 2 is 2.10 bits per heavy atom. The molecule has 0 radical (unpaired) electrons. The Hall–Kier alpha value is -0.0800. The summed E-state index contributed by atoms with van der Waals surface area (Å²) < 4.78 is 13.3. The van der Waals surface area contributed by atoms with E-state index in [2.05, 4.69) is 15.9 Å². The van der Waals surface area contributed by atoms with E-state index in [0.717, 1.165) is 5.56 Å². The van der Waals surface area contributed by atoms with Gasteiger partial charge in [-0.05, 0) is 40.5 Å². The topological polar surface area (TPSA) is 0 Å². The van der Waals surface area contributed by atoms with Crippen LogP contribution in [0.2, 0.25) is 5.02 Å². The second kappa shape index (κ2) is 2.89. The van der Waals surface area contributed by atoms with Gasteiger partial charge in [-0.15, -0.1) is 0 Å². The van der Waals surface area contributed by atoms with E-state index in [1.165, 1.54) is 6.07 Å². The van der Waals surface area contributed by atoms with Crippen molar-refractivity contribution >= 4 is 27.5 Å². The number of hydrogen-bond acceptors (Lipinski definition) is 0. The summed E-state index contributed by atoms with van der Waals surface area (Å²) in [6.07, 6.45) is 0. The number of halogens is 3. The van der Waals surface area contributed by atoms with Crippen LogP contribution in [0.5, 0.6) is 0 Å². The fourth-order valence-corrected chi connectivity index (χ4v) is 1.34. The molecule has 0 aliphatic carbocycles. The minimum Gasteiger partial charge on any atom is -0.205 e. The van der Waals surface area contributed by atoms with Gasteiger partial charge in [0.1, 0.15) is 5.82 Å². The first kappa shape index (κ1) is 8.02. The van der Waals surface area contributed by atoms with Gasteiger partial charge in [0.05, 0.1) is 5.02 Å². The molecule has 0 nitrogen and oxygen atoms in total. The molecule has 0 saturated carbocycles. The molecule has 3 heteroatoms. The van der Waals surface area contributed by atoms with E-state index < -0.39 is 0 Å². The summed E-state index contributed by atoms with van der Waals surface area (Å²) in [7, 11) is 0. The van der Waals surface area contributed by atoms with Crippen LogP contribution in [0.15, 0.2) is 16.6 Å². The van der Waals surface area contributed by atoms with Crippen molar-refractivity contribution in [3.63, 3.8) is 0 Å². The van der Waals surface area contributed by atoms with Crippen molar-refractivity contribution in [1.82, 2.24) is 0 Å². The molecule has 0 spiro atoms. The van der Waals surface area contributed by atoms with Crippen molar-refractivity contribution < 1.29 is 4.39 Å². The maximum Gasteiger partial charge on any atom is 0.143 e. The second-order valence-electron chi connectivity index (χ2n) is 2.04. The quantitative estimate of drug-likeness (QED) is 0.590. The van der Waals surface area contributed by atoms with Gasteiger partial charge >= 0.3 is 0 Å². The fourth-order valence-electron chi connectivity index (χ4n) is 0.682. The van der Waals surface area contributed by atoms with Gasteiger partial charge in [-0.2, -0.15) is 0 Å². The van der Waals surface area contributed by atoms with Crippen LogP contribution in [0.4, 0.5) is 4.39 Å². The highest BCUT2D eigenvalue weighted by Crippen LogP contribution is 2.26. The summed E-state index contributed by atoms with van der Waals surface area (Å²) in [6.45, 7) is 1.81. The van der Waals surface area contributed by atoms with Crippen LogP contribution in [0.3, 0.4) is 0 Å². The zero-order valence-corrected chi connectivity index (χ0v) is 7.63. The van der Waals surface area contributed by atoms with Gasteiger partial charge in [0.25, 0.3) is 0 Å². The van der Waals surface area contributed by atoms with Crippen molar-refractivity contribution in [2.45, 2.75) is 6.92 Å². The standard InChI is InChI=1S/C7H5BrClF/c1-4-2-5(8)7(9)6(10)3-4/h2-3H,1H3. The second-order valence-corrected chi connectivity index (χ2v) is 3.27. The summed E-state index contributed by atoms with van der Waals surface area (Å²) >= 11 is 8.65. The van der Waals surface area contributed by atoms with Gasteiger partial charge in [0.15, 0.2) is 0 Å². The molecule has 1 rings (SSSR count). The molecule has 0 aromatic heterocycles. The Morgan fingerprint density at radius 1 is 1.50 bits per heavy atom. The largest absolute Gasteiger partial charge is 0.205 e. The van der Waals surface area contributed by atoms with E-state index in [0.29, 0.717) is 4.47 Å². The monoisotopic (exact) mass is 222 g/mol. The molecule has 10 heavy (non-hydrogen) atoms. The van der Waals surface area contributed by atoms with Crippen LogP contribution in [-0.2, 0) is 0 Å². The average molecular weight is 223 g/mol. The molecule has 1 aromatic rings. The molecule has 0 heterocycles. The first-order valence-corrected chi connectivity index (χ1v) is 3.89. The molecule has 0 atom stereocenters. The summed E-state index contributed by atoms with van der Waals surface area (Å²) in [4.78, 5) is 0. The normalized spacial score (nSPS) is 10.0. The van der Waals surface area contributed by atoms with Crippen LogP contribution >= 0.6 is 27.5 Å². The van der Waals surface area contributed by atoms with Gasteiger partial charge in [-0.1, -0.05) is 11.6 Å². The molecule has 0 fully saturated rings. The van der Waals surface area contributed by atoms with Gasteiger partial charge in [0, 0.05) is 4.47 Å². The van der Waals surface area contributed by atoms with Crippen LogP contribution in [-0.4, -0.2) is 0 Å². The Morgan fingerprint density at radius 3 is 2.60 bits per heavy atom. The predicted molar refractivity (Wildman–Crippen MR) is 43.8 cm³/mol. The number of benzene rings is 1. The lowest BCUT2D eigenvalue weighted by atomic mass is 10.2. The van der Waals surface area contributed by atoms with E-state index in [1.807, 2.05) is 6.92 Å². The van der Waals surface area contributed by atoms with Crippen LogP contribution in [0.25, 0.3) is 0 Å². The van der Waals surface area contributed by atoms with E-state index in [-0.39, 0.29) is 10.8 Å². The average Bonchev–Trinajstić information content (AvgIpc) is 1.82. The minimum absolute atomic E-state index is 0.144. The third-order valence-electron chi connectivity index (χ3n) is 1.13. The van der Waals surface area contributed by atoms with Crippen LogP contribution in [0.1, 0.15) is 5.56 Å². The molecule has 0 unspecified atom stereocenters. The highest BCUT2D eigenvalue weighted by atomic mass is 79.9. The Kier molecular flexibility index (Phi) is 2.32. The molecule has 0 amide bonds. The van der Waals surface area contributed by atoms with Crippen molar-refractivity contribution in [3.8, 4) is 0 Å². The molecule has 0 aliphatic rings. The van der Waals surface area contributed by atoms with Crippen molar-refractivity contribution in [2.75, 3.05) is 0 Å². The van der Waals surface area contributed by atoms with Gasteiger partial charge in [0.2, 0.25) is 0 Å². The summed E-state index contributed by atoms with van der Waals surface area (Å²) in [5.41, 5.74) is 0.855. The molecular formula is C7H5BrClF. The zero-order chi connectivity index (χ0) is 7.72. The lowest BCUT2D eigenvalue weighted by Gasteiger charge is -1.98. The third-order valence-corrected chi connectivity index (χ3v) is 2.37. The summed E-state index contributed by atoms with van der Waals surface area (Å²) in [5, 5.41) is 0.144. The van der Waals surface area contributed by atoms with E-state index in [1.54, 1.807) is 6.07 Å². The van der Waals surface area contributed by atoms with Crippen LogP contribution < -0.4 is 0 Å². The molecule has 54 valence electrons. The Labute approximate surface area is 72.1 Å². The lowest BCUT2D eigenvalue weighted by molar-refractivity contribution is 0.626. The molecule has 0 N–H and O–H groups in total. The van der Waals surface area contributed by atoms with Gasteiger partial charge < -0.3 is 0 Å². The third kappa shape index (κ3) is 1.50. The van der Waals surface area contributed by atoms with Gasteiger partial charge in [-0.3, -0.25) is 0 Å². The maximum atomic E-state index is 12.7. The molecule has 0 saturated heterocycles. The predicted octanol–water partition coefficient (Wildman–Crippen LogP) is 3.55. The smallest absolute Gasteiger partial charge is 0.143 e. The van der Waals surface area contributed by atoms with Crippen LogP contribution in [0, 0.1) is 12.7 Å². The van der Waals surface area contributed by atoms with E-state index in [4.69, 9.17) is 11.6 Å². The molecule has 1 aromatic carbocycles. The Bertz CT molecular complexity index is 237. The van der Waals surface area contributed by atoms with Crippen molar-refractivity contribution in [3.05, 3.63) is 33.0 Å².